The lowest BCUT2D eigenvalue weighted by Crippen LogP contribution is -2.37. The molecule has 1 N–H and O–H groups in total. The summed E-state index contributed by atoms with van der Waals surface area (Å²) in [6.07, 6.45) is 4.47. The Hall–Kier alpha value is -2.57. The predicted octanol–water partition coefficient (Wildman–Crippen LogP) is 3.61. The van der Waals surface area contributed by atoms with Gasteiger partial charge in [-0.25, -0.2) is 4.79 Å². The Morgan fingerprint density at radius 3 is 2.69 bits per heavy atom. The molecule has 0 unspecified atom stereocenters. The van der Waals surface area contributed by atoms with Gasteiger partial charge in [-0.3, -0.25) is 4.90 Å². The molecule has 0 aliphatic carbocycles. The van der Waals surface area contributed by atoms with Crippen molar-refractivity contribution in [1.29, 1.82) is 0 Å². The minimum absolute atomic E-state index is 0.0644. The zero-order valence-corrected chi connectivity index (χ0v) is 16.9. The summed E-state index contributed by atoms with van der Waals surface area (Å²) in [5.74, 6) is 0.0103. The van der Waals surface area contributed by atoms with Gasteiger partial charge in [0.1, 0.15) is 22.7 Å². The van der Waals surface area contributed by atoms with Crippen molar-refractivity contribution in [2.45, 2.75) is 25.9 Å². The molecule has 0 amide bonds. The van der Waals surface area contributed by atoms with Crippen LogP contribution in [0.25, 0.3) is 16.8 Å². The molecule has 6 heteroatoms. The lowest BCUT2D eigenvalue weighted by atomic mass is 9.93. The summed E-state index contributed by atoms with van der Waals surface area (Å²) < 4.78 is 17.0. The Kier molecular flexibility index (Phi) is 5.48. The van der Waals surface area contributed by atoms with Gasteiger partial charge in [-0.05, 0) is 26.3 Å². The van der Waals surface area contributed by atoms with Crippen LogP contribution in [0, 0.1) is 0 Å². The number of esters is 1. The van der Waals surface area contributed by atoms with Crippen LogP contribution >= 0.6 is 0 Å². The Morgan fingerprint density at radius 1 is 1.21 bits per heavy atom. The number of phenols is 1. The summed E-state index contributed by atoms with van der Waals surface area (Å²) in [6.45, 7) is 8.38. The molecule has 4 rings (SSSR count). The highest BCUT2D eigenvalue weighted by Gasteiger charge is 2.30. The maximum atomic E-state index is 12.9. The van der Waals surface area contributed by atoms with Gasteiger partial charge >= 0.3 is 5.97 Å². The number of hydrogen-bond donors (Lipinski definition) is 1. The molecular weight excluding hydrogens is 370 g/mol. The summed E-state index contributed by atoms with van der Waals surface area (Å²) in [6, 6.07) is 7.39. The van der Waals surface area contributed by atoms with Crippen molar-refractivity contribution in [2.24, 2.45) is 0 Å². The summed E-state index contributed by atoms with van der Waals surface area (Å²) in [4.78, 5) is 15.2. The highest BCUT2D eigenvalue weighted by Crippen LogP contribution is 2.44. The molecule has 1 saturated heterocycles. The zero-order chi connectivity index (χ0) is 20.4. The maximum absolute atomic E-state index is 12.9. The Labute approximate surface area is 170 Å². The number of fused-ring (bicyclic) bond motifs is 3. The van der Waals surface area contributed by atoms with E-state index in [9.17, 15) is 9.90 Å². The number of carbonyl (C=O) groups excluding carboxylic acids is 1. The number of rotatable bonds is 5. The van der Waals surface area contributed by atoms with Gasteiger partial charge in [0, 0.05) is 36.0 Å². The number of ether oxygens (including phenoxy) is 3. The van der Waals surface area contributed by atoms with Crippen molar-refractivity contribution < 1.29 is 24.1 Å². The topological polar surface area (TPSA) is 68.2 Å². The van der Waals surface area contributed by atoms with Gasteiger partial charge in [0.2, 0.25) is 0 Å². The van der Waals surface area contributed by atoms with E-state index in [-0.39, 0.29) is 11.3 Å². The highest BCUT2D eigenvalue weighted by molar-refractivity contribution is 6.08. The fraction of sp³-hybridized carbons (Fsp3) is 0.435. The zero-order valence-electron chi connectivity index (χ0n) is 16.9. The fourth-order valence-corrected chi connectivity index (χ4v) is 3.82. The number of benzene rings is 2. The molecule has 0 bridgehead atoms. The van der Waals surface area contributed by atoms with Crippen molar-refractivity contribution >= 4 is 22.8 Å². The average molecular weight is 397 g/mol. The van der Waals surface area contributed by atoms with Gasteiger partial charge < -0.3 is 19.3 Å². The SMILES string of the molecule is CC1(C)C=Cc2c(C(=O)OCCCN3CCOCC3)c(O)c3ccccc3c2O1. The molecule has 0 atom stereocenters. The van der Waals surface area contributed by atoms with Crippen molar-refractivity contribution in [3.05, 3.63) is 41.5 Å². The first-order valence-corrected chi connectivity index (χ1v) is 10.1. The minimum atomic E-state index is -0.528. The van der Waals surface area contributed by atoms with Gasteiger partial charge in [0.25, 0.3) is 0 Å². The van der Waals surface area contributed by atoms with Crippen LogP contribution in [0.1, 0.15) is 36.2 Å². The highest BCUT2D eigenvalue weighted by atomic mass is 16.5. The molecule has 0 radical (unpaired) electrons. The van der Waals surface area contributed by atoms with E-state index >= 15 is 0 Å². The number of phenolic OH excluding ortho intramolecular Hbond substituents is 1. The second-order valence-electron chi connectivity index (χ2n) is 7.99. The minimum Gasteiger partial charge on any atom is -0.506 e. The van der Waals surface area contributed by atoms with Crippen LogP contribution in [-0.4, -0.2) is 61.0 Å². The molecule has 2 aliphatic rings. The van der Waals surface area contributed by atoms with Gasteiger partial charge in [0.15, 0.2) is 0 Å². The molecule has 2 aromatic carbocycles. The second-order valence-corrected chi connectivity index (χ2v) is 7.99. The first-order valence-electron chi connectivity index (χ1n) is 10.1. The van der Waals surface area contributed by atoms with Gasteiger partial charge in [-0.2, -0.15) is 0 Å². The van der Waals surface area contributed by atoms with Crippen LogP contribution in [0.2, 0.25) is 0 Å². The van der Waals surface area contributed by atoms with Crippen LogP contribution in [0.15, 0.2) is 30.3 Å². The third-order valence-electron chi connectivity index (χ3n) is 5.35. The van der Waals surface area contributed by atoms with Crippen molar-refractivity contribution in [1.82, 2.24) is 4.90 Å². The van der Waals surface area contributed by atoms with E-state index in [1.54, 1.807) is 6.07 Å². The molecular formula is C23H27NO5. The molecule has 2 aliphatic heterocycles. The lowest BCUT2D eigenvalue weighted by molar-refractivity contribution is 0.0297. The first kappa shape index (κ1) is 19.7. The number of nitrogens with zero attached hydrogens (tertiary/aromatic N) is 1. The molecule has 2 aromatic rings. The number of morpholine rings is 1. The molecule has 0 saturated carbocycles. The Morgan fingerprint density at radius 2 is 1.93 bits per heavy atom. The number of hydrogen-bond acceptors (Lipinski definition) is 6. The van der Waals surface area contributed by atoms with Gasteiger partial charge in [-0.1, -0.05) is 30.3 Å². The van der Waals surface area contributed by atoms with E-state index in [2.05, 4.69) is 4.90 Å². The van der Waals surface area contributed by atoms with Crippen LogP contribution in [-0.2, 0) is 9.47 Å². The number of carbonyl (C=O) groups is 1. The van der Waals surface area contributed by atoms with E-state index in [1.165, 1.54) is 0 Å². The van der Waals surface area contributed by atoms with Crippen LogP contribution in [0.3, 0.4) is 0 Å². The Balaban J connectivity index is 1.56. The molecule has 2 heterocycles. The van der Waals surface area contributed by atoms with Crippen LogP contribution in [0.4, 0.5) is 0 Å². The first-order chi connectivity index (χ1) is 14.0. The Bertz CT molecular complexity index is 944. The standard InChI is InChI=1S/C23H27NO5/c1-23(2)9-8-18-19(20(25)16-6-3-4-7-17(16)21(18)29-23)22(26)28-13-5-10-24-11-14-27-15-12-24/h3-4,6-9,25H,5,10-15H2,1-2H3. The molecule has 6 nitrogen and oxygen atoms in total. The smallest absolute Gasteiger partial charge is 0.342 e. The third-order valence-corrected chi connectivity index (χ3v) is 5.35. The predicted molar refractivity (Wildman–Crippen MR) is 112 cm³/mol. The maximum Gasteiger partial charge on any atom is 0.342 e. The fourth-order valence-electron chi connectivity index (χ4n) is 3.82. The summed E-state index contributed by atoms with van der Waals surface area (Å²) in [5.41, 5.74) is 0.238. The molecule has 1 fully saturated rings. The average Bonchev–Trinajstić information content (AvgIpc) is 2.72. The van der Waals surface area contributed by atoms with Crippen LogP contribution in [0.5, 0.6) is 11.5 Å². The summed E-state index contributed by atoms with van der Waals surface area (Å²) >= 11 is 0. The van der Waals surface area contributed by atoms with E-state index in [4.69, 9.17) is 14.2 Å². The normalized spacial score (nSPS) is 18.3. The second kappa shape index (κ2) is 8.05. The third kappa shape index (κ3) is 4.09. The lowest BCUT2D eigenvalue weighted by Gasteiger charge is -2.30. The quantitative estimate of drug-likeness (QED) is 0.614. The monoisotopic (exact) mass is 397 g/mol. The molecule has 154 valence electrons. The number of aromatic hydroxyl groups is 1. The van der Waals surface area contributed by atoms with Crippen molar-refractivity contribution in [2.75, 3.05) is 39.5 Å². The van der Waals surface area contributed by atoms with E-state index in [0.717, 1.165) is 44.7 Å². The molecule has 0 aromatic heterocycles. The van der Waals surface area contributed by atoms with Crippen molar-refractivity contribution in [3.63, 3.8) is 0 Å². The van der Waals surface area contributed by atoms with E-state index < -0.39 is 11.6 Å². The van der Waals surface area contributed by atoms with Crippen molar-refractivity contribution in [3.8, 4) is 11.5 Å². The van der Waals surface area contributed by atoms with Crippen LogP contribution < -0.4 is 4.74 Å². The molecule has 29 heavy (non-hydrogen) atoms. The van der Waals surface area contributed by atoms with E-state index in [0.29, 0.717) is 23.3 Å². The van der Waals surface area contributed by atoms with E-state index in [1.807, 2.05) is 44.2 Å². The summed E-state index contributed by atoms with van der Waals surface area (Å²) in [5, 5.41) is 12.2. The summed E-state index contributed by atoms with van der Waals surface area (Å²) in [7, 11) is 0. The molecule has 0 spiro atoms. The van der Waals surface area contributed by atoms with Gasteiger partial charge in [-0.15, -0.1) is 0 Å². The van der Waals surface area contributed by atoms with Gasteiger partial charge in [0.05, 0.1) is 19.8 Å². The largest absolute Gasteiger partial charge is 0.506 e.